The van der Waals surface area contributed by atoms with E-state index < -0.39 is 0 Å². The topological polar surface area (TPSA) is 35.2 Å². The fourth-order valence-electron chi connectivity index (χ4n) is 2.17. The molecule has 0 aromatic carbocycles. The third kappa shape index (κ3) is 3.09. The van der Waals surface area contributed by atoms with Gasteiger partial charge in [0.1, 0.15) is 0 Å². The Morgan fingerprint density at radius 3 is 2.65 bits per heavy atom. The first kappa shape index (κ1) is 13.1. The number of rotatable bonds is 2. The van der Waals surface area contributed by atoms with E-state index in [-0.39, 0.29) is 17.6 Å². The van der Waals surface area contributed by atoms with Gasteiger partial charge in [-0.15, -0.1) is 11.3 Å². The molecule has 2 unspecified atom stereocenters. The molecule has 1 fully saturated rings. The van der Waals surface area contributed by atoms with Gasteiger partial charge in [-0.2, -0.15) is 0 Å². The molecule has 17 heavy (non-hydrogen) atoms. The van der Waals surface area contributed by atoms with E-state index in [1.807, 2.05) is 11.3 Å². The lowest BCUT2D eigenvalue weighted by Crippen LogP contribution is -2.31. The summed E-state index contributed by atoms with van der Waals surface area (Å²) in [5.74, 6) is 0. The van der Waals surface area contributed by atoms with E-state index in [2.05, 4.69) is 32.9 Å². The lowest BCUT2D eigenvalue weighted by atomic mass is 9.95. The van der Waals surface area contributed by atoms with Crippen molar-refractivity contribution in [2.75, 3.05) is 6.61 Å². The standard InChI is InChI=1S/C14H23NOS/c1-14(2,3)12-8-7-11(17-12)13(15)10-6-4-5-9-16-10/h7-8,10,13H,4-6,9,15H2,1-3H3. The van der Waals surface area contributed by atoms with Gasteiger partial charge >= 0.3 is 0 Å². The molecular formula is C14H23NOS. The second kappa shape index (κ2) is 5.09. The minimum Gasteiger partial charge on any atom is -0.376 e. The quantitative estimate of drug-likeness (QED) is 0.873. The zero-order valence-electron chi connectivity index (χ0n) is 11.0. The van der Waals surface area contributed by atoms with E-state index >= 15 is 0 Å². The van der Waals surface area contributed by atoms with Crippen LogP contribution in [0.2, 0.25) is 0 Å². The molecule has 2 heterocycles. The van der Waals surface area contributed by atoms with Crippen LogP contribution in [-0.4, -0.2) is 12.7 Å². The van der Waals surface area contributed by atoms with Gasteiger partial charge in [-0.1, -0.05) is 20.8 Å². The molecule has 1 aliphatic heterocycles. The van der Waals surface area contributed by atoms with Gasteiger partial charge < -0.3 is 10.5 Å². The Balaban J connectivity index is 2.08. The highest BCUT2D eigenvalue weighted by atomic mass is 32.1. The summed E-state index contributed by atoms with van der Waals surface area (Å²) in [7, 11) is 0. The summed E-state index contributed by atoms with van der Waals surface area (Å²) < 4.78 is 5.77. The predicted molar refractivity (Wildman–Crippen MR) is 73.5 cm³/mol. The van der Waals surface area contributed by atoms with Crippen LogP contribution >= 0.6 is 11.3 Å². The summed E-state index contributed by atoms with van der Waals surface area (Å²) in [6, 6.07) is 4.44. The number of hydrogen-bond donors (Lipinski definition) is 1. The maximum atomic E-state index is 6.31. The molecule has 1 saturated heterocycles. The normalized spacial score (nSPS) is 23.6. The average Bonchev–Trinajstić information content (AvgIpc) is 2.78. The van der Waals surface area contributed by atoms with Crippen LogP contribution in [0.3, 0.4) is 0 Å². The summed E-state index contributed by atoms with van der Waals surface area (Å²) in [5.41, 5.74) is 6.53. The van der Waals surface area contributed by atoms with Crippen LogP contribution in [0.4, 0.5) is 0 Å². The summed E-state index contributed by atoms with van der Waals surface area (Å²) in [5, 5.41) is 0. The minimum absolute atomic E-state index is 0.0522. The SMILES string of the molecule is CC(C)(C)c1ccc(C(N)C2CCCCO2)s1. The molecule has 96 valence electrons. The fourth-order valence-corrected chi connectivity index (χ4v) is 3.29. The van der Waals surface area contributed by atoms with Gasteiger partial charge in [0, 0.05) is 16.4 Å². The zero-order valence-corrected chi connectivity index (χ0v) is 11.8. The second-order valence-corrected chi connectivity index (χ2v) is 7.00. The largest absolute Gasteiger partial charge is 0.376 e. The van der Waals surface area contributed by atoms with Crippen molar-refractivity contribution in [3.8, 4) is 0 Å². The third-order valence-corrected chi connectivity index (χ3v) is 4.92. The Labute approximate surface area is 108 Å². The first-order chi connectivity index (χ1) is 7.98. The van der Waals surface area contributed by atoms with Crippen molar-refractivity contribution in [3.05, 3.63) is 21.9 Å². The van der Waals surface area contributed by atoms with Crippen LogP contribution in [0.5, 0.6) is 0 Å². The highest BCUT2D eigenvalue weighted by Gasteiger charge is 2.25. The van der Waals surface area contributed by atoms with Gasteiger partial charge in [-0.3, -0.25) is 0 Å². The monoisotopic (exact) mass is 253 g/mol. The van der Waals surface area contributed by atoms with E-state index in [1.165, 1.54) is 22.6 Å². The first-order valence-electron chi connectivity index (χ1n) is 6.46. The van der Waals surface area contributed by atoms with E-state index in [4.69, 9.17) is 10.5 Å². The minimum atomic E-state index is 0.0522. The molecule has 1 aromatic rings. The molecule has 2 N–H and O–H groups in total. The number of ether oxygens (including phenoxy) is 1. The Kier molecular flexibility index (Phi) is 3.91. The van der Waals surface area contributed by atoms with Crippen molar-refractivity contribution in [2.45, 2.75) is 57.6 Å². The summed E-state index contributed by atoms with van der Waals surface area (Å²) in [6.45, 7) is 7.59. The Morgan fingerprint density at radius 1 is 1.35 bits per heavy atom. The zero-order chi connectivity index (χ0) is 12.5. The molecule has 0 aliphatic carbocycles. The van der Waals surface area contributed by atoms with E-state index in [1.54, 1.807) is 0 Å². The van der Waals surface area contributed by atoms with Gasteiger partial charge in [-0.05, 0) is 36.8 Å². The molecule has 0 spiro atoms. The molecular weight excluding hydrogens is 230 g/mol. The van der Waals surface area contributed by atoms with Crippen molar-refractivity contribution in [1.29, 1.82) is 0 Å². The Bertz CT molecular complexity index is 361. The van der Waals surface area contributed by atoms with Gasteiger partial charge in [0.2, 0.25) is 0 Å². The van der Waals surface area contributed by atoms with Crippen molar-refractivity contribution in [2.24, 2.45) is 5.73 Å². The molecule has 2 rings (SSSR count). The molecule has 3 heteroatoms. The molecule has 1 aromatic heterocycles. The third-order valence-electron chi connectivity index (χ3n) is 3.31. The smallest absolute Gasteiger partial charge is 0.0775 e. The molecule has 0 amide bonds. The molecule has 0 saturated carbocycles. The molecule has 0 radical (unpaired) electrons. The summed E-state index contributed by atoms with van der Waals surface area (Å²) in [4.78, 5) is 2.67. The average molecular weight is 253 g/mol. The van der Waals surface area contributed by atoms with Crippen LogP contribution in [-0.2, 0) is 10.2 Å². The van der Waals surface area contributed by atoms with Gasteiger partial charge in [-0.25, -0.2) is 0 Å². The van der Waals surface area contributed by atoms with Gasteiger partial charge in [0.15, 0.2) is 0 Å². The van der Waals surface area contributed by atoms with Crippen LogP contribution in [0.15, 0.2) is 12.1 Å². The van der Waals surface area contributed by atoms with Crippen molar-refractivity contribution in [1.82, 2.24) is 0 Å². The van der Waals surface area contributed by atoms with Crippen LogP contribution in [0, 0.1) is 0 Å². The highest BCUT2D eigenvalue weighted by molar-refractivity contribution is 7.12. The maximum absolute atomic E-state index is 6.31. The number of nitrogens with two attached hydrogens (primary N) is 1. The molecule has 1 aliphatic rings. The lowest BCUT2D eigenvalue weighted by molar-refractivity contribution is 0.000668. The predicted octanol–water partition coefficient (Wildman–Crippen LogP) is 3.61. The van der Waals surface area contributed by atoms with Crippen molar-refractivity contribution >= 4 is 11.3 Å². The molecule has 2 nitrogen and oxygen atoms in total. The fraction of sp³-hybridized carbons (Fsp3) is 0.714. The number of thiophene rings is 1. The summed E-state index contributed by atoms with van der Waals surface area (Å²) >= 11 is 1.84. The highest BCUT2D eigenvalue weighted by Crippen LogP contribution is 2.34. The van der Waals surface area contributed by atoms with E-state index in [0.29, 0.717) is 0 Å². The first-order valence-corrected chi connectivity index (χ1v) is 7.27. The van der Waals surface area contributed by atoms with Gasteiger partial charge in [0.25, 0.3) is 0 Å². The van der Waals surface area contributed by atoms with Crippen molar-refractivity contribution < 1.29 is 4.74 Å². The lowest BCUT2D eigenvalue weighted by Gasteiger charge is -2.27. The van der Waals surface area contributed by atoms with E-state index in [0.717, 1.165) is 13.0 Å². The van der Waals surface area contributed by atoms with Gasteiger partial charge in [0.05, 0.1) is 12.1 Å². The maximum Gasteiger partial charge on any atom is 0.0775 e. The van der Waals surface area contributed by atoms with Crippen LogP contribution < -0.4 is 5.73 Å². The van der Waals surface area contributed by atoms with Crippen LogP contribution in [0.25, 0.3) is 0 Å². The Hall–Kier alpha value is -0.380. The van der Waals surface area contributed by atoms with Crippen LogP contribution in [0.1, 0.15) is 55.8 Å². The molecule has 2 atom stereocenters. The van der Waals surface area contributed by atoms with Crippen molar-refractivity contribution in [3.63, 3.8) is 0 Å². The molecule has 0 bridgehead atoms. The Morgan fingerprint density at radius 2 is 2.12 bits per heavy atom. The summed E-state index contributed by atoms with van der Waals surface area (Å²) in [6.07, 6.45) is 3.75. The second-order valence-electron chi connectivity index (χ2n) is 5.88. The van der Waals surface area contributed by atoms with E-state index in [9.17, 15) is 0 Å². The number of hydrogen-bond acceptors (Lipinski definition) is 3.